The fraction of sp³-hybridized carbons (Fsp3) is 0.761. The summed E-state index contributed by atoms with van der Waals surface area (Å²) >= 11 is 0. The quantitative estimate of drug-likeness (QED) is 0.122. The lowest BCUT2D eigenvalue weighted by molar-refractivity contribution is -0.251. The first kappa shape index (κ1) is 45.6. The molecule has 1 heterocycles. The van der Waals surface area contributed by atoms with Crippen LogP contribution in [0.2, 0.25) is 0 Å². The third-order valence-corrected chi connectivity index (χ3v) is 16.1. The van der Waals surface area contributed by atoms with E-state index in [1.54, 1.807) is 44.2 Å². The number of benzene rings is 1. The van der Waals surface area contributed by atoms with Crippen LogP contribution in [-0.2, 0) is 28.6 Å². The standard InChI is InChI=1S/C46H69NO12/c1-41(2)31-17-16-28-29(21-32(48)46(8)27(19-20-45(28,46)7)26-15-18-33(42(3,4)55)59-39(26)53)44(31,6)22-30(38(41)52)58-35(50)24-43(5,56)23-34(49)47-36(40(54)57-9)37(51)25-13-11-10-12-14-25/h10-14,26-27,30-33,36-39,48,51-53,55-56H,15-24H2,1-9H3,(H,47,49)/t26-,27-,30-,31+,32+,33-,36?,37?,38+,39-,43?,44-,45+,46+/m1/s1. The van der Waals surface area contributed by atoms with Crippen LogP contribution in [0.4, 0.5) is 0 Å². The average Bonchev–Trinajstić information content (AvgIpc) is 3.43. The van der Waals surface area contributed by atoms with E-state index in [9.17, 15) is 45.0 Å². The topological polar surface area (TPSA) is 212 Å². The summed E-state index contributed by atoms with van der Waals surface area (Å²) in [5.41, 5.74) is -2.27. The molecule has 2 saturated carbocycles. The number of nitrogens with one attached hydrogen (secondary N) is 1. The minimum Gasteiger partial charge on any atom is -0.467 e. The Bertz CT molecular complexity index is 1770. The van der Waals surface area contributed by atoms with Crippen LogP contribution in [-0.4, -0.2) is 104 Å². The van der Waals surface area contributed by atoms with Gasteiger partial charge in [-0.05, 0) is 106 Å². The van der Waals surface area contributed by atoms with Crippen LogP contribution in [0.5, 0.6) is 0 Å². The predicted octanol–water partition coefficient (Wildman–Crippen LogP) is 4.40. The van der Waals surface area contributed by atoms with Gasteiger partial charge in [-0.3, -0.25) is 9.59 Å². The molecule has 1 aromatic rings. The van der Waals surface area contributed by atoms with E-state index in [-0.39, 0.29) is 23.2 Å². The Morgan fingerprint density at radius 1 is 0.932 bits per heavy atom. The summed E-state index contributed by atoms with van der Waals surface area (Å²) in [6, 6.07) is 6.82. The van der Waals surface area contributed by atoms with Crippen molar-refractivity contribution >= 4 is 17.8 Å². The highest BCUT2D eigenvalue weighted by Gasteiger charge is 2.68. The van der Waals surface area contributed by atoms with Crippen molar-refractivity contribution < 1.29 is 59.2 Å². The largest absolute Gasteiger partial charge is 0.467 e. The monoisotopic (exact) mass is 827 g/mol. The summed E-state index contributed by atoms with van der Waals surface area (Å²) in [5.74, 6) is -2.65. The SMILES string of the molecule is COC(=O)C(NC(=O)CC(C)(O)CC(=O)O[C@@H]1C[C@]2(C)C3=C(CC[C@H]2C(C)(C)[C@H]1O)[C@]1(C)CC[C@H]([C@H]2CC[C@H](C(C)(C)O)O[C@H]2O)[C@@]1(C)[C@@H](O)C3)C(O)c1ccccc1. The first-order chi connectivity index (χ1) is 27.3. The number of carbonyl (C=O) groups is 3. The zero-order valence-electron chi connectivity index (χ0n) is 36.4. The highest BCUT2D eigenvalue weighted by atomic mass is 16.6. The molecule has 13 nitrogen and oxygen atoms in total. The van der Waals surface area contributed by atoms with Crippen LogP contribution in [0, 0.1) is 39.4 Å². The van der Waals surface area contributed by atoms with Crippen molar-refractivity contribution in [3.8, 4) is 0 Å². The van der Waals surface area contributed by atoms with Gasteiger partial charge >= 0.3 is 11.9 Å². The maximum absolute atomic E-state index is 13.6. The zero-order chi connectivity index (χ0) is 43.7. The molecule has 7 N–H and O–H groups in total. The Balaban J connectivity index is 1.18. The number of aliphatic hydroxyl groups excluding tert-OH is 4. The normalized spacial score (nSPS) is 38.8. The summed E-state index contributed by atoms with van der Waals surface area (Å²) in [4.78, 5) is 39.4. The van der Waals surface area contributed by atoms with E-state index < -0.39 is 101 Å². The second-order valence-corrected chi connectivity index (χ2v) is 20.6. The summed E-state index contributed by atoms with van der Waals surface area (Å²) < 4.78 is 16.9. The Morgan fingerprint density at radius 2 is 1.59 bits per heavy atom. The molecule has 0 spiro atoms. The van der Waals surface area contributed by atoms with Crippen LogP contribution in [0.3, 0.4) is 0 Å². The van der Waals surface area contributed by atoms with Gasteiger partial charge in [-0.15, -0.1) is 0 Å². The molecule has 330 valence electrons. The Kier molecular flexibility index (Phi) is 12.4. The lowest BCUT2D eigenvalue weighted by atomic mass is 9.42. The Morgan fingerprint density at radius 3 is 2.20 bits per heavy atom. The van der Waals surface area contributed by atoms with E-state index >= 15 is 0 Å². The molecular formula is C46H69NO12. The zero-order valence-corrected chi connectivity index (χ0v) is 36.4. The molecule has 3 fully saturated rings. The molecule has 5 aliphatic rings. The van der Waals surface area contributed by atoms with Crippen LogP contribution in [0.15, 0.2) is 41.5 Å². The fourth-order valence-corrected chi connectivity index (χ4v) is 12.8. The molecular weight excluding hydrogens is 759 g/mol. The van der Waals surface area contributed by atoms with E-state index in [0.29, 0.717) is 31.2 Å². The van der Waals surface area contributed by atoms with Gasteiger partial charge in [0.15, 0.2) is 12.3 Å². The molecule has 4 aliphatic carbocycles. The van der Waals surface area contributed by atoms with Gasteiger partial charge in [-0.2, -0.15) is 0 Å². The third-order valence-electron chi connectivity index (χ3n) is 16.1. The van der Waals surface area contributed by atoms with Crippen molar-refractivity contribution in [1.29, 1.82) is 0 Å². The molecule has 0 radical (unpaired) electrons. The summed E-state index contributed by atoms with van der Waals surface area (Å²) in [6.45, 7) is 15.3. The molecule has 13 heteroatoms. The summed E-state index contributed by atoms with van der Waals surface area (Å²) in [7, 11) is 1.13. The molecule has 1 amide bonds. The van der Waals surface area contributed by atoms with E-state index in [0.717, 1.165) is 38.4 Å². The van der Waals surface area contributed by atoms with Crippen LogP contribution in [0.25, 0.3) is 0 Å². The number of methoxy groups -OCH3 is 1. The lowest BCUT2D eigenvalue weighted by Gasteiger charge is -2.64. The summed E-state index contributed by atoms with van der Waals surface area (Å²) in [5, 5.41) is 70.7. The van der Waals surface area contributed by atoms with Crippen LogP contribution in [0.1, 0.15) is 131 Å². The summed E-state index contributed by atoms with van der Waals surface area (Å²) in [6.07, 6.45) is -1.48. The minimum atomic E-state index is -1.90. The highest BCUT2D eigenvalue weighted by molar-refractivity contribution is 5.86. The second kappa shape index (κ2) is 16.1. The fourth-order valence-electron chi connectivity index (χ4n) is 12.8. The molecule has 0 bridgehead atoms. The third kappa shape index (κ3) is 8.03. The number of hydrogen-bond acceptors (Lipinski definition) is 12. The minimum absolute atomic E-state index is 0.00619. The number of fused-ring (bicyclic) bond motifs is 4. The molecule has 1 aliphatic heterocycles. The number of hydrogen-bond donors (Lipinski definition) is 7. The van der Waals surface area contributed by atoms with Gasteiger partial charge in [0, 0.05) is 11.3 Å². The number of esters is 2. The van der Waals surface area contributed by atoms with E-state index in [1.165, 1.54) is 12.5 Å². The molecule has 0 aromatic heterocycles. The van der Waals surface area contributed by atoms with Crippen molar-refractivity contribution in [3.05, 3.63) is 47.0 Å². The van der Waals surface area contributed by atoms with Crippen LogP contribution >= 0.6 is 0 Å². The van der Waals surface area contributed by atoms with Gasteiger partial charge < -0.3 is 50.2 Å². The van der Waals surface area contributed by atoms with Gasteiger partial charge in [0.25, 0.3) is 0 Å². The maximum atomic E-state index is 13.6. The number of carbonyl (C=O) groups excluding carboxylic acids is 3. The van der Waals surface area contributed by atoms with Gasteiger partial charge in [0.1, 0.15) is 12.2 Å². The van der Waals surface area contributed by atoms with Crippen LogP contribution < -0.4 is 5.32 Å². The van der Waals surface area contributed by atoms with Gasteiger partial charge in [0.2, 0.25) is 5.91 Å². The second-order valence-electron chi connectivity index (χ2n) is 20.6. The first-order valence-corrected chi connectivity index (χ1v) is 21.5. The number of aliphatic hydroxyl groups is 6. The van der Waals surface area contributed by atoms with Crippen molar-refractivity contribution in [2.45, 2.75) is 174 Å². The number of amides is 1. The first-order valence-electron chi connectivity index (χ1n) is 21.5. The molecule has 59 heavy (non-hydrogen) atoms. The number of ether oxygens (including phenoxy) is 3. The van der Waals surface area contributed by atoms with E-state index in [1.807, 2.05) is 13.8 Å². The molecule has 6 rings (SSSR count). The van der Waals surface area contributed by atoms with E-state index in [2.05, 4.69) is 26.1 Å². The van der Waals surface area contributed by atoms with Crippen molar-refractivity contribution in [3.63, 3.8) is 0 Å². The van der Waals surface area contributed by atoms with Crippen molar-refractivity contribution in [2.24, 2.45) is 39.4 Å². The Labute approximate surface area is 348 Å². The number of allylic oxidation sites excluding steroid dienone is 1. The lowest BCUT2D eigenvalue weighted by Crippen LogP contribution is -2.62. The van der Waals surface area contributed by atoms with E-state index in [4.69, 9.17) is 14.2 Å². The van der Waals surface area contributed by atoms with Gasteiger partial charge in [0.05, 0.1) is 49.5 Å². The van der Waals surface area contributed by atoms with Gasteiger partial charge in [-0.1, -0.05) is 76.1 Å². The highest BCUT2D eigenvalue weighted by Crippen LogP contribution is 2.73. The van der Waals surface area contributed by atoms with Gasteiger partial charge in [-0.25, -0.2) is 4.79 Å². The molecule has 1 aromatic carbocycles. The number of rotatable bonds is 11. The molecule has 14 atom stereocenters. The Hall–Kier alpha value is -2.91. The smallest absolute Gasteiger partial charge is 0.331 e. The van der Waals surface area contributed by atoms with Crippen molar-refractivity contribution in [1.82, 2.24) is 5.32 Å². The predicted molar refractivity (Wildman–Crippen MR) is 217 cm³/mol. The average molecular weight is 828 g/mol. The molecule has 1 saturated heterocycles. The van der Waals surface area contributed by atoms with Crippen molar-refractivity contribution in [2.75, 3.05) is 7.11 Å². The maximum Gasteiger partial charge on any atom is 0.331 e. The molecule has 3 unspecified atom stereocenters.